The summed E-state index contributed by atoms with van der Waals surface area (Å²) in [7, 11) is -3.67. The van der Waals surface area contributed by atoms with Gasteiger partial charge < -0.3 is 4.74 Å². The van der Waals surface area contributed by atoms with Crippen LogP contribution in [0.2, 0.25) is 15.1 Å². The highest BCUT2D eigenvalue weighted by molar-refractivity contribution is 7.89. The second-order valence-corrected chi connectivity index (χ2v) is 9.05. The Kier molecular flexibility index (Phi) is 5.63. The van der Waals surface area contributed by atoms with Crippen molar-refractivity contribution < 1.29 is 13.2 Å². The molecule has 0 bridgehead atoms. The van der Waals surface area contributed by atoms with Gasteiger partial charge in [-0.25, -0.2) is 8.42 Å². The van der Waals surface area contributed by atoms with E-state index in [9.17, 15) is 8.42 Å². The Morgan fingerprint density at radius 3 is 2.40 bits per heavy atom. The van der Waals surface area contributed by atoms with E-state index >= 15 is 0 Å². The van der Waals surface area contributed by atoms with Gasteiger partial charge in [0.2, 0.25) is 10.0 Å². The van der Waals surface area contributed by atoms with Crippen LogP contribution in [0, 0.1) is 6.92 Å². The molecular formula is C17H16Cl3NO3S. The first-order chi connectivity index (χ1) is 11.8. The van der Waals surface area contributed by atoms with Crippen molar-refractivity contribution in [2.24, 2.45) is 0 Å². The lowest BCUT2D eigenvalue weighted by atomic mass is 10.1. The second kappa shape index (κ2) is 7.43. The highest BCUT2D eigenvalue weighted by Crippen LogP contribution is 2.31. The van der Waals surface area contributed by atoms with Crippen LogP contribution in [-0.4, -0.2) is 32.4 Å². The third kappa shape index (κ3) is 4.13. The summed E-state index contributed by atoms with van der Waals surface area (Å²) in [6, 6.07) is 9.94. The van der Waals surface area contributed by atoms with Gasteiger partial charge >= 0.3 is 0 Å². The number of ether oxygens (including phenoxy) is 1. The van der Waals surface area contributed by atoms with Gasteiger partial charge in [0.25, 0.3) is 0 Å². The van der Waals surface area contributed by atoms with Crippen LogP contribution in [0.4, 0.5) is 0 Å². The molecule has 0 N–H and O–H groups in total. The van der Waals surface area contributed by atoms with Gasteiger partial charge in [-0.2, -0.15) is 4.31 Å². The number of nitrogens with zero attached hydrogens (tertiary/aromatic N) is 1. The van der Waals surface area contributed by atoms with Crippen molar-refractivity contribution in [3.05, 3.63) is 62.6 Å². The largest absolute Gasteiger partial charge is 0.371 e. The van der Waals surface area contributed by atoms with Crippen molar-refractivity contribution >= 4 is 44.8 Å². The molecular weight excluding hydrogens is 405 g/mol. The number of halogens is 3. The summed E-state index contributed by atoms with van der Waals surface area (Å²) in [4.78, 5) is 0.213. The first-order valence-electron chi connectivity index (χ1n) is 7.61. The molecule has 3 rings (SSSR count). The SMILES string of the molecule is Cc1ccc(Cl)cc1S(=O)(=O)N1CCOC(c2cc(Cl)cc(Cl)c2)C1. The van der Waals surface area contributed by atoms with Crippen LogP contribution in [0.3, 0.4) is 0 Å². The van der Waals surface area contributed by atoms with Gasteiger partial charge in [-0.3, -0.25) is 0 Å². The van der Waals surface area contributed by atoms with Crippen LogP contribution in [0.5, 0.6) is 0 Å². The zero-order valence-electron chi connectivity index (χ0n) is 13.4. The molecule has 1 aliphatic heterocycles. The van der Waals surface area contributed by atoms with E-state index in [-0.39, 0.29) is 24.6 Å². The van der Waals surface area contributed by atoms with Crippen molar-refractivity contribution in [2.75, 3.05) is 19.7 Å². The molecule has 1 heterocycles. The van der Waals surface area contributed by atoms with E-state index in [2.05, 4.69) is 0 Å². The number of morpholine rings is 1. The van der Waals surface area contributed by atoms with Gasteiger partial charge in [-0.15, -0.1) is 0 Å². The lowest BCUT2D eigenvalue weighted by Gasteiger charge is -2.33. The van der Waals surface area contributed by atoms with Gasteiger partial charge in [0, 0.05) is 28.2 Å². The van der Waals surface area contributed by atoms with Crippen LogP contribution >= 0.6 is 34.8 Å². The lowest BCUT2D eigenvalue weighted by Crippen LogP contribution is -2.42. The molecule has 1 saturated heterocycles. The average Bonchev–Trinajstić information content (AvgIpc) is 2.56. The van der Waals surface area contributed by atoms with Crippen LogP contribution in [0.15, 0.2) is 41.3 Å². The summed E-state index contributed by atoms with van der Waals surface area (Å²) >= 11 is 18.1. The molecule has 1 aliphatic rings. The Balaban J connectivity index is 1.91. The molecule has 0 aromatic heterocycles. The summed E-state index contributed by atoms with van der Waals surface area (Å²) in [6.45, 7) is 2.50. The van der Waals surface area contributed by atoms with Crippen molar-refractivity contribution in [3.63, 3.8) is 0 Å². The van der Waals surface area contributed by atoms with E-state index in [0.29, 0.717) is 20.6 Å². The molecule has 134 valence electrons. The Hall–Kier alpha value is -0.820. The fourth-order valence-electron chi connectivity index (χ4n) is 2.80. The molecule has 4 nitrogen and oxygen atoms in total. The smallest absolute Gasteiger partial charge is 0.243 e. The van der Waals surface area contributed by atoms with E-state index in [1.165, 1.54) is 10.4 Å². The summed E-state index contributed by atoms with van der Waals surface area (Å²) in [5.74, 6) is 0. The summed E-state index contributed by atoms with van der Waals surface area (Å²) in [5, 5.41) is 1.35. The summed E-state index contributed by atoms with van der Waals surface area (Å²) < 4.78 is 33.2. The predicted octanol–water partition coefficient (Wildman–Crippen LogP) is 4.72. The van der Waals surface area contributed by atoms with Gasteiger partial charge in [-0.1, -0.05) is 40.9 Å². The van der Waals surface area contributed by atoms with Gasteiger partial charge in [-0.05, 0) is 48.4 Å². The molecule has 0 aliphatic carbocycles. The number of hydrogen-bond acceptors (Lipinski definition) is 3. The zero-order valence-corrected chi connectivity index (χ0v) is 16.5. The Bertz CT molecular complexity index is 882. The fourth-order valence-corrected chi connectivity index (χ4v) is 5.25. The number of aryl methyl sites for hydroxylation is 1. The maximum absolute atomic E-state index is 13.0. The van der Waals surface area contributed by atoms with Crippen LogP contribution < -0.4 is 0 Å². The molecule has 0 amide bonds. The van der Waals surface area contributed by atoms with E-state index in [1.807, 2.05) is 0 Å². The van der Waals surface area contributed by atoms with Crippen LogP contribution in [0.25, 0.3) is 0 Å². The maximum Gasteiger partial charge on any atom is 0.243 e. The molecule has 25 heavy (non-hydrogen) atoms. The minimum absolute atomic E-state index is 0.185. The van der Waals surface area contributed by atoms with E-state index in [1.54, 1.807) is 37.3 Å². The van der Waals surface area contributed by atoms with Gasteiger partial charge in [0.15, 0.2) is 0 Å². The maximum atomic E-state index is 13.0. The van der Waals surface area contributed by atoms with Crippen LogP contribution in [-0.2, 0) is 14.8 Å². The van der Waals surface area contributed by atoms with Gasteiger partial charge in [0.05, 0.1) is 17.6 Å². The lowest BCUT2D eigenvalue weighted by molar-refractivity contribution is -0.00255. The Morgan fingerprint density at radius 1 is 1.04 bits per heavy atom. The van der Waals surface area contributed by atoms with Crippen molar-refractivity contribution in [2.45, 2.75) is 17.9 Å². The molecule has 8 heteroatoms. The standard InChI is InChI=1S/C17H16Cl3NO3S/c1-11-2-3-13(18)9-17(11)25(22,23)21-4-5-24-16(10-21)12-6-14(19)8-15(20)7-12/h2-3,6-9,16H,4-5,10H2,1H3. The van der Waals surface area contributed by atoms with Crippen LogP contribution in [0.1, 0.15) is 17.2 Å². The molecule has 0 saturated carbocycles. The van der Waals surface area contributed by atoms with Gasteiger partial charge in [0.1, 0.15) is 0 Å². The second-order valence-electron chi connectivity index (χ2n) is 5.84. The van der Waals surface area contributed by atoms with Crippen molar-refractivity contribution in [1.29, 1.82) is 0 Å². The first-order valence-corrected chi connectivity index (χ1v) is 10.2. The third-order valence-electron chi connectivity index (χ3n) is 4.05. The molecule has 1 atom stereocenters. The zero-order chi connectivity index (χ0) is 18.2. The van der Waals surface area contributed by atoms with E-state index < -0.39 is 16.1 Å². The fraction of sp³-hybridized carbons (Fsp3) is 0.294. The Labute approximate surface area is 162 Å². The van der Waals surface area contributed by atoms with Crippen molar-refractivity contribution in [3.8, 4) is 0 Å². The highest BCUT2D eigenvalue weighted by atomic mass is 35.5. The predicted molar refractivity (Wildman–Crippen MR) is 100 cm³/mol. The third-order valence-corrected chi connectivity index (χ3v) is 6.73. The topological polar surface area (TPSA) is 46.6 Å². The number of benzene rings is 2. The number of hydrogen-bond donors (Lipinski definition) is 0. The van der Waals surface area contributed by atoms with Crippen molar-refractivity contribution in [1.82, 2.24) is 4.31 Å². The quantitative estimate of drug-likeness (QED) is 0.722. The molecule has 1 fully saturated rings. The molecule has 1 unspecified atom stereocenters. The first kappa shape index (κ1) is 19.0. The monoisotopic (exact) mass is 419 g/mol. The normalized spacial score (nSPS) is 19.1. The number of rotatable bonds is 3. The van der Waals surface area contributed by atoms with E-state index in [0.717, 1.165) is 5.56 Å². The molecule has 2 aromatic carbocycles. The summed E-state index contributed by atoms with van der Waals surface area (Å²) in [6.07, 6.45) is -0.431. The molecule has 0 spiro atoms. The minimum Gasteiger partial charge on any atom is -0.371 e. The molecule has 2 aromatic rings. The summed E-state index contributed by atoms with van der Waals surface area (Å²) in [5.41, 5.74) is 1.40. The number of sulfonamides is 1. The Morgan fingerprint density at radius 2 is 1.72 bits per heavy atom. The highest BCUT2D eigenvalue weighted by Gasteiger charge is 2.32. The average molecular weight is 421 g/mol. The minimum atomic E-state index is -3.67. The van der Waals surface area contributed by atoms with E-state index in [4.69, 9.17) is 39.5 Å². The molecule has 0 radical (unpaired) electrons.